The summed E-state index contributed by atoms with van der Waals surface area (Å²) in [6.07, 6.45) is 1.30. The molecule has 0 radical (unpaired) electrons. The van der Waals surface area contributed by atoms with Crippen molar-refractivity contribution >= 4 is 11.9 Å². The monoisotopic (exact) mass is 422 g/mol. The zero-order chi connectivity index (χ0) is 22.1. The third-order valence-electron chi connectivity index (χ3n) is 5.21. The van der Waals surface area contributed by atoms with Crippen LogP contribution in [0.1, 0.15) is 37.0 Å². The number of amides is 1. The summed E-state index contributed by atoms with van der Waals surface area (Å²) in [4.78, 5) is 27.3. The molecule has 0 aromatic heterocycles. The molecule has 0 aliphatic carbocycles. The van der Waals surface area contributed by atoms with Crippen molar-refractivity contribution in [2.45, 2.75) is 38.8 Å². The number of nitrogens with zero attached hydrogens (tertiary/aromatic N) is 1. The summed E-state index contributed by atoms with van der Waals surface area (Å²) in [7, 11) is 4.61. The molecule has 30 heavy (non-hydrogen) atoms. The lowest BCUT2D eigenvalue weighted by Gasteiger charge is -2.39. The van der Waals surface area contributed by atoms with Gasteiger partial charge in [-0.2, -0.15) is 0 Å². The predicted molar refractivity (Wildman–Crippen MR) is 113 cm³/mol. The van der Waals surface area contributed by atoms with E-state index in [1.54, 1.807) is 32.4 Å². The molecule has 2 atom stereocenters. The Morgan fingerprint density at radius 1 is 1.13 bits per heavy atom. The van der Waals surface area contributed by atoms with Gasteiger partial charge in [0.05, 0.1) is 26.7 Å². The van der Waals surface area contributed by atoms with Gasteiger partial charge in [0.15, 0.2) is 11.5 Å². The van der Waals surface area contributed by atoms with Crippen LogP contribution in [0.4, 0.5) is 0 Å². The van der Waals surface area contributed by atoms with E-state index in [1.165, 1.54) is 7.11 Å². The van der Waals surface area contributed by atoms with Crippen LogP contribution in [0.5, 0.6) is 11.5 Å². The summed E-state index contributed by atoms with van der Waals surface area (Å²) >= 11 is 0. The second-order valence-electron chi connectivity index (χ2n) is 7.63. The quantitative estimate of drug-likeness (QED) is 0.456. The molecule has 0 spiro atoms. The van der Waals surface area contributed by atoms with Crippen LogP contribution >= 0.6 is 0 Å². The number of piperidine rings is 1. The van der Waals surface area contributed by atoms with Crippen LogP contribution in [0.25, 0.3) is 0 Å². The van der Waals surface area contributed by atoms with Crippen molar-refractivity contribution < 1.29 is 28.5 Å². The molecule has 1 N–H and O–H groups in total. The smallest absolute Gasteiger partial charge is 0.310 e. The van der Waals surface area contributed by atoms with Gasteiger partial charge in [0.2, 0.25) is 0 Å². The van der Waals surface area contributed by atoms with Crippen molar-refractivity contribution in [2.24, 2.45) is 5.92 Å². The molecule has 1 aromatic rings. The summed E-state index contributed by atoms with van der Waals surface area (Å²) < 4.78 is 21.1. The molecule has 0 unspecified atom stereocenters. The van der Waals surface area contributed by atoms with Crippen LogP contribution in [-0.4, -0.2) is 76.5 Å². The van der Waals surface area contributed by atoms with E-state index in [4.69, 9.17) is 18.9 Å². The molecule has 1 amide bonds. The van der Waals surface area contributed by atoms with Crippen molar-refractivity contribution in [3.05, 3.63) is 23.8 Å². The number of carbonyl (C=O) groups excluding carboxylic acids is 2. The predicted octanol–water partition coefficient (Wildman–Crippen LogP) is 2.11. The Morgan fingerprint density at radius 2 is 1.90 bits per heavy atom. The highest BCUT2D eigenvalue weighted by molar-refractivity contribution is 5.95. The van der Waals surface area contributed by atoms with E-state index in [-0.39, 0.29) is 29.9 Å². The summed E-state index contributed by atoms with van der Waals surface area (Å²) in [5.74, 6) is 0.479. The Hall–Kier alpha value is -2.32. The van der Waals surface area contributed by atoms with Crippen LogP contribution in [0, 0.1) is 5.92 Å². The second kappa shape index (κ2) is 11.8. The maximum absolute atomic E-state index is 13.4. The number of ether oxygens (including phenoxy) is 4. The zero-order valence-electron chi connectivity index (χ0n) is 18.6. The van der Waals surface area contributed by atoms with E-state index in [0.29, 0.717) is 49.8 Å². The van der Waals surface area contributed by atoms with Gasteiger partial charge in [-0.3, -0.25) is 9.59 Å². The molecule has 1 aromatic carbocycles. The van der Waals surface area contributed by atoms with E-state index in [1.807, 2.05) is 18.7 Å². The molecule has 1 fully saturated rings. The van der Waals surface area contributed by atoms with Crippen LogP contribution in [-0.2, 0) is 14.3 Å². The van der Waals surface area contributed by atoms with Gasteiger partial charge in [-0.15, -0.1) is 0 Å². The highest BCUT2D eigenvalue weighted by Crippen LogP contribution is 2.30. The number of nitrogens with one attached hydrogen (secondary N) is 1. The van der Waals surface area contributed by atoms with E-state index < -0.39 is 0 Å². The topological polar surface area (TPSA) is 86.3 Å². The summed E-state index contributed by atoms with van der Waals surface area (Å²) in [6.45, 7) is 6.21. The number of carbonyl (C=O) groups is 2. The molecular formula is C22H34N2O6. The summed E-state index contributed by atoms with van der Waals surface area (Å²) in [5, 5.41) is 3.26. The SMILES string of the molecule is COCCCOc1cc(C(=O)N(C(C)C)[C@H]2CNC[C@H](C(=O)OC)C2)ccc1OC. The highest BCUT2D eigenvalue weighted by atomic mass is 16.5. The molecule has 1 saturated heterocycles. The average molecular weight is 423 g/mol. The van der Waals surface area contributed by atoms with Gasteiger partial charge in [-0.05, 0) is 38.5 Å². The first kappa shape index (κ1) is 24.0. The largest absolute Gasteiger partial charge is 0.493 e. The summed E-state index contributed by atoms with van der Waals surface area (Å²) in [5.41, 5.74) is 0.520. The van der Waals surface area contributed by atoms with Crippen molar-refractivity contribution in [1.82, 2.24) is 10.2 Å². The third-order valence-corrected chi connectivity index (χ3v) is 5.21. The Balaban J connectivity index is 2.21. The van der Waals surface area contributed by atoms with Crippen LogP contribution in [0.15, 0.2) is 18.2 Å². The van der Waals surface area contributed by atoms with Gasteiger partial charge in [0.1, 0.15) is 0 Å². The van der Waals surface area contributed by atoms with Crippen molar-refractivity contribution in [1.29, 1.82) is 0 Å². The third kappa shape index (κ3) is 6.09. The summed E-state index contributed by atoms with van der Waals surface area (Å²) in [6, 6.07) is 5.06. The first-order valence-corrected chi connectivity index (χ1v) is 10.3. The van der Waals surface area contributed by atoms with Crippen molar-refractivity contribution in [3.63, 3.8) is 0 Å². The van der Waals surface area contributed by atoms with E-state index >= 15 is 0 Å². The number of hydrogen-bond acceptors (Lipinski definition) is 7. The minimum Gasteiger partial charge on any atom is -0.493 e. The molecule has 168 valence electrons. The fraction of sp³-hybridized carbons (Fsp3) is 0.636. The van der Waals surface area contributed by atoms with E-state index in [0.717, 1.165) is 6.42 Å². The Morgan fingerprint density at radius 3 is 2.53 bits per heavy atom. The maximum Gasteiger partial charge on any atom is 0.310 e. The highest BCUT2D eigenvalue weighted by Gasteiger charge is 2.35. The molecule has 0 bridgehead atoms. The van der Waals surface area contributed by atoms with Crippen molar-refractivity contribution in [2.75, 3.05) is 47.6 Å². The molecule has 8 heteroatoms. The van der Waals surface area contributed by atoms with Gasteiger partial charge in [-0.25, -0.2) is 0 Å². The Labute approximate surface area is 178 Å². The average Bonchev–Trinajstić information content (AvgIpc) is 2.76. The number of benzene rings is 1. The molecule has 1 heterocycles. The van der Waals surface area contributed by atoms with Crippen LogP contribution < -0.4 is 14.8 Å². The van der Waals surface area contributed by atoms with Gasteiger partial charge in [0.25, 0.3) is 5.91 Å². The number of esters is 1. The van der Waals surface area contributed by atoms with Gasteiger partial charge in [0, 0.05) is 50.9 Å². The van der Waals surface area contributed by atoms with Crippen LogP contribution in [0.3, 0.4) is 0 Å². The first-order chi connectivity index (χ1) is 14.4. The van der Waals surface area contributed by atoms with E-state index in [2.05, 4.69) is 5.32 Å². The van der Waals surface area contributed by atoms with Gasteiger partial charge >= 0.3 is 5.97 Å². The molecule has 2 rings (SSSR count). The lowest BCUT2D eigenvalue weighted by Crippen LogP contribution is -2.54. The Kier molecular flexibility index (Phi) is 9.39. The van der Waals surface area contributed by atoms with Gasteiger partial charge in [-0.1, -0.05) is 0 Å². The molecule has 8 nitrogen and oxygen atoms in total. The molecular weight excluding hydrogens is 388 g/mol. The zero-order valence-corrected chi connectivity index (χ0v) is 18.6. The minimum absolute atomic E-state index is 0.0335. The first-order valence-electron chi connectivity index (χ1n) is 10.3. The minimum atomic E-state index is -0.265. The van der Waals surface area contributed by atoms with Crippen LogP contribution in [0.2, 0.25) is 0 Å². The van der Waals surface area contributed by atoms with E-state index in [9.17, 15) is 9.59 Å². The molecule has 0 saturated carbocycles. The fourth-order valence-electron chi connectivity index (χ4n) is 3.76. The van der Waals surface area contributed by atoms with Gasteiger partial charge < -0.3 is 29.2 Å². The Bertz CT molecular complexity index is 709. The maximum atomic E-state index is 13.4. The fourth-order valence-corrected chi connectivity index (χ4v) is 3.76. The number of hydrogen-bond donors (Lipinski definition) is 1. The number of methoxy groups -OCH3 is 3. The second-order valence-corrected chi connectivity index (χ2v) is 7.63. The molecule has 1 aliphatic rings. The number of rotatable bonds is 10. The van der Waals surface area contributed by atoms with Crippen molar-refractivity contribution in [3.8, 4) is 11.5 Å². The lowest BCUT2D eigenvalue weighted by atomic mass is 9.93. The lowest BCUT2D eigenvalue weighted by molar-refractivity contribution is -0.146. The molecule has 1 aliphatic heterocycles. The normalized spacial score (nSPS) is 18.7. The standard InChI is InChI=1S/C22H34N2O6/c1-15(2)24(18-11-17(13-23-14-18)22(26)29-5)21(25)16-7-8-19(28-4)20(12-16)30-10-6-9-27-3/h7-8,12,15,17-18,23H,6,9-11,13-14H2,1-5H3/t17-,18-/m1/s1.